The maximum Gasteiger partial charge on any atom is 0.264 e. The summed E-state index contributed by atoms with van der Waals surface area (Å²) < 4.78 is 65.4. The monoisotopic (exact) mass is 649 g/mol. The molecule has 0 spiro atoms. The van der Waals surface area contributed by atoms with Crippen molar-refractivity contribution in [3.8, 4) is 0 Å². The molecule has 212 valence electrons. The number of hydrogen-bond donors (Lipinski definition) is 1. The lowest BCUT2D eigenvalue weighted by Gasteiger charge is -2.26. The number of fused-ring (bicyclic) bond motifs is 2. The number of benzene rings is 2. The lowest BCUT2D eigenvalue weighted by Crippen LogP contribution is -2.30. The highest BCUT2D eigenvalue weighted by Gasteiger charge is 2.30. The summed E-state index contributed by atoms with van der Waals surface area (Å²) in [5.74, 6) is -0.789. The Balaban J connectivity index is 1.62. The van der Waals surface area contributed by atoms with Gasteiger partial charge in [0.05, 0.1) is 37.6 Å². The zero-order valence-corrected chi connectivity index (χ0v) is 25.7. The molecule has 0 saturated carbocycles. The van der Waals surface area contributed by atoms with Gasteiger partial charge in [0.15, 0.2) is 0 Å². The molecule has 2 heterocycles. The van der Waals surface area contributed by atoms with E-state index in [1.165, 1.54) is 0 Å². The largest absolute Gasteiger partial charge is 0.748 e. The Morgan fingerprint density at radius 3 is 2.28 bits per heavy atom. The van der Waals surface area contributed by atoms with Crippen LogP contribution in [0.25, 0.3) is 0 Å². The molecule has 0 bridgehead atoms. The van der Waals surface area contributed by atoms with Crippen LogP contribution in [0.1, 0.15) is 26.2 Å². The molecule has 14 heteroatoms. The van der Waals surface area contributed by atoms with Crippen LogP contribution in [0.5, 0.6) is 0 Å². The minimum Gasteiger partial charge on any atom is -0.748 e. The average molecular weight is 651 g/mol. The van der Waals surface area contributed by atoms with Gasteiger partial charge in [-0.15, -0.1) is 0 Å². The first kappa shape index (κ1) is 30.6. The normalized spacial score (nSPS) is 18.6. The summed E-state index contributed by atoms with van der Waals surface area (Å²) in [7, 11) is -8.40. The third-order valence-corrected chi connectivity index (χ3v) is 10.5. The van der Waals surface area contributed by atoms with Gasteiger partial charge in [0.25, 0.3) is 10.1 Å². The predicted molar refractivity (Wildman–Crippen MR) is 160 cm³/mol. The van der Waals surface area contributed by atoms with Crippen molar-refractivity contribution in [1.29, 1.82) is 0 Å². The molecule has 0 radical (unpaired) electrons. The lowest BCUT2D eigenvalue weighted by atomic mass is 10.1. The Morgan fingerprint density at radius 1 is 1.00 bits per heavy atom. The van der Waals surface area contributed by atoms with Crippen LogP contribution in [0, 0.1) is 0 Å². The fourth-order valence-corrected chi connectivity index (χ4v) is 8.10. The van der Waals surface area contributed by atoms with Gasteiger partial charge >= 0.3 is 0 Å². The van der Waals surface area contributed by atoms with Gasteiger partial charge in [-0.3, -0.25) is 4.55 Å². The second-order valence-corrected chi connectivity index (χ2v) is 15.2. The topological polar surface area (TPSA) is 118 Å². The highest BCUT2D eigenvalue weighted by Crippen LogP contribution is 2.48. The summed E-state index contributed by atoms with van der Waals surface area (Å²) in [5, 5.41) is 1.90. The number of halogens is 2. The van der Waals surface area contributed by atoms with E-state index in [1.807, 2.05) is 42.2 Å². The van der Waals surface area contributed by atoms with Gasteiger partial charge in [-0.25, -0.2) is 8.42 Å². The number of thioether (sulfide) groups is 2. The molecule has 39 heavy (non-hydrogen) atoms. The van der Waals surface area contributed by atoms with E-state index in [2.05, 4.69) is 17.1 Å². The van der Waals surface area contributed by atoms with E-state index in [-0.39, 0.29) is 24.0 Å². The first-order valence-corrected chi connectivity index (χ1v) is 17.8. The maximum absolute atomic E-state index is 11.3. The van der Waals surface area contributed by atoms with E-state index >= 15 is 0 Å². The average Bonchev–Trinajstić information content (AvgIpc) is 3.34. The van der Waals surface area contributed by atoms with Crippen molar-refractivity contribution >= 4 is 78.3 Å². The fourth-order valence-electron chi connectivity index (χ4n) is 4.36. The van der Waals surface area contributed by atoms with Crippen LogP contribution < -0.4 is 9.80 Å². The van der Waals surface area contributed by atoms with Gasteiger partial charge < -0.3 is 14.4 Å². The minimum atomic E-state index is -4.32. The van der Waals surface area contributed by atoms with E-state index in [9.17, 15) is 25.9 Å². The molecular weight excluding hydrogens is 623 g/mol. The summed E-state index contributed by atoms with van der Waals surface area (Å²) in [6, 6.07) is 11.2. The third-order valence-electron chi connectivity index (χ3n) is 6.13. The van der Waals surface area contributed by atoms with Crippen LogP contribution in [-0.4, -0.2) is 55.9 Å². The van der Waals surface area contributed by atoms with Crippen molar-refractivity contribution in [2.45, 2.75) is 41.4 Å². The van der Waals surface area contributed by atoms with Crippen LogP contribution in [0.4, 0.5) is 11.4 Å². The molecule has 4 rings (SSSR count). The zero-order chi connectivity index (χ0) is 28.4. The summed E-state index contributed by atoms with van der Waals surface area (Å²) in [6.07, 6.45) is 5.31. The highest BCUT2D eigenvalue weighted by molar-refractivity contribution is 8.03. The van der Waals surface area contributed by atoms with E-state index < -0.39 is 26.0 Å². The molecule has 2 aliphatic rings. The Labute approximate surface area is 247 Å². The van der Waals surface area contributed by atoms with Gasteiger partial charge in [0.1, 0.15) is 0 Å². The Bertz CT molecular complexity index is 1510. The molecule has 0 aromatic heterocycles. The van der Waals surface area contributed by atoms with Crippen molar-refractivity contribution in [1.82, 2.24) is 0 Å². The first-order valence-electron chi connectivity index (χ1n) is 12.1. The van der Waals surface area contributed by atoms with Crippen molar-refractivity contribution in [3.63, 3.8) is 0 Å². The van der Waals surface area contributed by atoms with Crippen LogP contribution in [0.2, 0.25) is 10.0 Å². The van der Waals surface area contributed by atoms with E-state index in [0.717, 1.165) is 31.8 Å². The summed E-state index contributed by atoms with van der Waals surface area (Å²) in [4.78, 5) is 6.07. The standard InChI is InChI=1S/C25H28Cl2N2O6S4/c1-2-17(13-24-28(9-3-11-38(30,31)32)20-15-18(26)5-7-22(20)36-24)14-25-29(10-4-12-39(33,34)35)21-16-19(27)6-8-23(21)37-25/h5-8,13-16,24H,2-4,9-12H2,1H3,(H,30,31,32)(H,33,34,35)/p-1/b17-13+,25-14-. The maximum atomic E-state index is 11.3. The first-order chi connectivity index (χ1) is 18.3. The quantitative estimate of drug-likeness (QED) is 0.280. The van der Waals surface area contributed by atoms with Crippen LogP contribution >= 0.6 is 46.7 Å². The molecule has 8 nitrogen and oxygen atoms in total. The van der Waals surface area contributed by atoms with E-state index in [4.69, 9.17) is 23.2 Å². The molecule has 0 saturated heterocycles. The van der Waals surface area contributed by atoms with Crippen molar-refractivity contribution in [2.24, 2.45) is 0 Å². The Kier molecular flexibility index (Phi) is 9.91. The Hall–Kier alpha value is -1.38. The molecule has 2 aromatic carbocycles. The Morgan fingerprint density at radius 2 is 1.64 bits per heavy atom. The van der Waals surface area contributed by atoms with Crippen molar-refractivity contribution in [2.75, 3.05) is 34.4 Å². The highest BCUT2D eigenvalue weighted by atomic mass is 35.5. The number of anilines is 2. The van der Waals surface area contributed by atoms with Crippen LogP contribution in [0.3, 0.4) is 0 Å². The number of allylic oxidation sites excluding steroid dienone is 2. The van der Waals surface area contributed by atoms with Crippen molar-refractivity contribution < 1.29 is 25.9 Å². The van der Waals surface area contributed by atoms with Crippen LogP contribution in [-0.2, 0) is 20.2 Å². The molecule has 1 atom stereocenters. The molecule has 2 aromatic rings. The summed E-state index contributed by atoms with van der Waals surface area (Å²) in [6.45, 7) is 2.78. The molecular formula is C25H27Cl2N2O6S4-. The number of rotatable bonds is 11. The molecule has 0 amide bonds. The lowest BCUT2D eigenvalue weighted by molar-refractivity contribution is 0.461. The predicted octanol–water partition coefficient (Wildman–Crippen LogP) is 6.23. The molecule has 2 aliphatic heterocycles. The van der Waals surface area contributed by atoms with Crippen molar-refractivity contribution in [3.05, 3.63) is 69.2 Å². The van der Waals surface area contributed by atoms with Gasteiger partial charge in [-0.2, -0.15) is 8.42 Å². The summed E-state index contributed by atoms with van der Waals surface area (Å²) in [5.41, 5.74) is 2.79. The van der Waals surface area contributed by atoms with Gasteiger partial charge in [0, 0.05) is 38.7 Å². The van der Waals surface area contributed by atoms with Gasteiger partial charge in [-0.05, 0) is 73.4 Å². The molecule has 1 N–H and O–H groups in total. The molecule has 1 unspecified atom stereocenters. The second kappa shape index (κ2) is 12.6. The zero-order valence-electron chi connectivity index (χ0n) is 20.9. The smallest absolute Gasteiger partial charge is 0.264 e. The second-order valence-electron chi connectivity index (χ2n) is 9.01. The fraction of sp³-hybridized carbons (Fsp3) is 0.360. The summed E-state index contributed by atoms with van der Waals surface area (Å²) >= 11 is 15.7. The van der Waals surface area contributed by atoms with E-state index in [0.29, 0.717) is 29.6 Å². The van der Waals surface area contributed by atoms with Gasteiger partial charge in [-0.1, -0.05) is 53.6 Å². The third kappa shape index (κ3) is 8.32. The minimum absolute atomic E-state index is 0.143. The van der Waals surface area contributed by atoms with Gasteiger partial charge in [0.2, 0.25) is 0 Å². The molecule has 0 aliphatic carbocycles. The van der Waals surface area contributed by atoms with E-state index in [1.54, 1.807) is 29.6 Å². The molecule has 0 fully saturated rings. The number of hydrogen-bond acceptors (Lipinski definition) is 9. The SMILES string of the molecule is CCC(/C=C1\Sc2ccc(Cl)cc2N1CCCS(=O)(=O)O)=C\C1Sc2ccc(Cl)cc2N1CCCS(=O)(=O)[O-]. The number of nitrogens with zero attached hydrogens (tertiary/aromatic N) is 2. The van der Waals surface area contributed by atoms with Crippen LogP contribution in [0.15, 0.2) is 68.9 Å².